The van der Waals surface area contributed by atoms with Crippen LogP contribution in [-0.4, -0.2) is 24.3 Å². The van der Waals surface area contributed by atoms with Crippen molar-refractivity contribution in [2.45, 2.75) is 13.5 Å². The lowest BCUT2D eigenvalue weighted by atomic mass is 10.2. The van der Waals surface area contributed by atoms with Gasteiger partial charge in [0.25, 0.3) is 0 Å². The van der Waals surface area contributed by atoms with Gasteiger partial charge in [0.05, 0.1) is 5.69 Å². The van der Waals surface area contributed by atoms with Gasteiger partial charge in [-0.25, -0.2) is 4.79 Å². The first-order valence-electron chi connectivity index (χ1n) is 7.36. The van der Waals surface area contributed by atoms with Gasteiger partial charge in [-0.3, -0.25) is 0 Å². The Hall–Kier alpha value is -1.96. The molecule has 6 heteroatoms. The summed E-state index contributed by atoms with van der Waals surface area (Å²) in [7, 11) is 0. The monoisotopic (exact) mass is 424 g/mol. The summed E-state index contributed by atoms with van der Waals surface area (Å²) < 4.78 is 11.7. The molecular weight excluding hydrogens is 407 g/mol. The molecule has 2 aromatic carbocycles. The van der Waals surface area contributed by atoms with Gasteiger partial charge in [-0.1, -0.05) is 18.2 Å². The Bertz CT molecular complexity index is 721. The number of fused-ring (bicyclic) bond motifs is 1. The van der Waals surface area contributed by atoms with Crippen LogP contribution in [0.5, 0.6) is 11.5 Å². The summed E-state index contributed by atoms with van der Waals surface area (Å²) in [5.41, 5.74) is 1.83. The topological polar surface area (TPSA) is 50.8 Å². The van der Waals surface area contributed by atoms with E-state index in [1.807, 2.05) is 49.4 Å². The van der Waals surface area contributed by atoms with Gasteiger partial charge < -0.3 is 19.7 Å². The van der Waals surface area contributed by atoms with Crippen molar-refractivity contribution in [2.75, 3.05) is 18.7 Å². The molecule has 0 spiro atoms. The molecule has 1 N–H and O–H groups in total. The van der Waals surface area contributed by atoms with Gasteiger partial charge >= 0.3 is 6.03 Å². The van der Waals surface area contributed by atoms with Crippen LogP contribution in [-0.2, 0) is 6.54 Å². The van der Waals surface area contributed by atoms with E-state index in [4.69, 9.17) is 9.47 Å². The Kier molecular flexibility index (Phi) is 4.90. The largest absolute Gasteiger partial charge is 0.454 e. The zero-order valence-corrected chi connectivity index (χ0v) is 14.9. The van der Waals surface area contributed by atoms with Gasteiger partial charge in [0, 0.05) is 16.7 Å². The first kappa shape index (κ1) is 15.9. The SMILES string of the molecule is CCN(Cc1ccc2c(c1)OCO2)C(=O)Nc1ccccc1I. The third-order valence-electron chi connectivity index (χ3n) is 3.59. The lowest BCUT2D eigenvalue weighted by molar-refractivity contribution is 0.174. The molecule has 2 amide bonds. The van der Waals surface area contributed by atoms with Crippen LogP contribution in [0.15, 0.2) is 42.5 Å². The number of halogens is 1. The molecule has 0 unspecified atom stereocenters. The number of hydrogen-bond donors (Lipinski definition) is 1. The molecule has 120 valence electrons. The number of carbonyl (C=O) groups is 1. The Morgan fingerprint density at radius 3 is 2.78 bits per heavy atom. The molecule has 5 nitrogen and oxygen atoms in total. The number of amides is 2. The smallest absolute Gasteiger partial charge is 0.322 e. The molecule has 0 fully saturated rings. The van der Waals surface area contributed by atoms with Crippen LogP contribution in [0.25, 0.3) is 0 Å². The summed E-state index contributed by atoms with van der Waals surface area (Å²) in [6.07, 6.45) is 0. The minimum Gasteiger partial charge on any atom is -0.454 e. The maximum absolute atomic E-state index is 12.5. The Labute approximate surface area is 148 Å². The number of carbonyl (C=O) groups excluding carboxylic acids is 1. The second kappa shape index (κ2) is 7.08. The van der Waals surface area contributed by atoms with Crippen molar-refractivity contribution in [1.29, 1.82) is 0 Å². The molecule has 0 saturated carbocycles. The fourth-order valence-corrected chi connectivity index (χ4v) is 2.87. The molecule has 1 heterocycles. The molecule has 1 aliphatic heterocycles. The summed E-state index contributed by atoms with van der Waals surface area (Å²) in [4.78, 5) is 14.2. The van der Waals surface area contributed by atoms with Crippen molar-refractivity contribution in [1.82, 2.24) is 4.90 Å². The van der Waals surface area contributed by atoms with Crippen molar-refractivity contribution in [3.63, 3.8) is 0 Å². The maximum atomic E-state index is 12.5. The lowest BCUT2D eigenvalue weighted by Gasteiger charge is -2.22. The summed E-state index contributed by atoms with van der Waals surface area (Å²) in [5.74, 6) is 1.48. The fraction of sp³-hybridized carbons (Fsp3) is 0.235. The summed E-state index contributed by atoms with van der Waals surface area (Å²) in [6, 6.07) is 13.4. The molecule has 3 rings (SSSR count). The molecule has 1 aliphatic rings. The van der Waals surface area contributed by atoms with Crippen LogP contribution < -0.4 is 14.8 Å². The van der Waals surface area contributed by atoms with E-state index >= 15 is 0 Å². The first-order chi connectivity index (χ1) is 11.2. The van der Waals surface area contributed by atoms with Gasteiger partial charge in [-0.15, -0.1) is 0 Å². The van der Waals surface area contributed by atoms with Crippen LogP contribution in [0.1, 0.15) is 12.5 Å². The third-order valence-corrected chi connectivity index (χ3v) is 4.54. The van der Waals surface area contributed by atoms with E-state index in [2.05, 4.69) is 27.9 Å². The Morgan fingerprint density at radius 2 is 2.00 bits per heavy atom. The predicted octanol–water partition coefficient (Wildman–Crippen LogP) is 4.07. The number of hydrogen-bond acceptors (Lipinski definition) is 3. The highest BCUT2D eigenvalue weighted by atomic mass is 127. The zero-order chi connectivity index (χ0) is 16.2. The first-order valence-corrected chi connectivity index (χ1v) is 8.44. The Balaban J connectivity index is 1.70. The molecule has 0 aliphatic carbocycles. The van der Waals surface area contributed by atoms with E-state index in [-0.39, 0.29) is 12.8 Å². The van der Waals surface area contributed by atoms with Gasteiger partial charge in [-0.2, -0.15) is 0 Å². The van der Waals surface area contributed by atoms with Crippen molar-refractivity contribution in [3.05, 3.63) is 51.6 Å². The minimum atomic E-state index is -0.116. The van der Waals surface area contributed by atoms with E-state index in [1.54, 1.807) is 4.90 Å². The second-order valence-corrected chi connectivity index (χ2v) is 6.27. The maximum Gasteiger partial charge on any atom is 0.322 e. The number of ether oxygens (including phenoxy) is 2. The van der Waals surface area contributed by atoms with E-state index in [0.29, 0.717) is 13.1 Å². The van der Waals surface area contributed by atoms with Crippen molar-refractivity contribution in [2.24, 2.45) is 0 Å². The number of anilines is 1. The van der Waals surface area contributed by atoms with E-state index in [1.165, 1.54) is 0 Å². The predicted molar refractivity (Wildman–Crippen MR) is 96.8 cm³/mol. The standard InChI is InChI=1S/C17H17IN2O3/c1-2-20(17(21)19-14-6-4-3-5-13(14)18)10-12-7-8-15-16(9-12)23-11-22-15/h3-9H,2,10-11H2,1H3,(H,19,21). The third kappa shape index (κ3) is 3.69. The van der Waals surface area contributed by atoms with Gasteiger partial charge in [0.2, 0.25) is 6.79 Å². The van der Waals surface area contributed by atoms with Crippen LogP contribution in [0.3, 0.4) is 0 Å². The number of rotatable bonds is 4. The fourth-order valence-electron chi connectivity index (χ4n) is 2.34. The number of benzene rings is 2. The molecule has 0 atom stereocenters. The van der Waals surface area contributed by atoms with Crippen molar-refractivity contribution < 1.29 is 14.3 Å². The number of nitrogens with zero attached hydrogens (tertiary/aromatic N) is 1. The molecule has 0 radical (unpaired) electrons. The summed E-state index contributed by atoms with van der Waals surface area (Å²) >= 11 is 2.21. The van der Waals surface area contributed by atoms with Crippen LogP contribution >= 0.6 is 22.6 Å². The van der Waals surface area contributed by atoms with Crippen LogP contribution in [0.2, 0.25) is 0 Å². The molecule has 2 aromatic rings. The second-order valence-electron chi connectivity index (χ2n) is 5.11. The Morgan fingerprint density at radius 1 is 1.22 bits per heavy atom. The normalized spacial score (nSPS) is 12.1. The lowest BCUT2D eigenvalue weighted by Crippen LogP contribution is -2.34. The highest BCUT2D eigenvalue weighted by Gasteiger charge is 2.17. The van der Waals surface area contributed by atoms with Crippen molar-refractivity contribution >= 4 is 34.3 Å². The number of nitrogens with one attached hydrogen (secondary N) is 1. The summed E-state index contributed by atoms with van der Waals surface area (Å²) in [6.45, 7) is 3.35. The average molecular weight is 424 g/mol. The molecule has 0 aromatic heterocycles. The van der Waals surface area contributed by atoms with Gasteiger partial charge in [0.15, 0.2) is 11.5 Å². The molecule has 23 heavy (non-hydrogen) atoms. The number of urea groups is 1. The minimum absolute atomic E-state index is 0.116. The summed E-state index contributed by atoms with van der Waals surface area (Å²) in [5, 5.41) is 2.96. The van der Waals surface area contributed by atoms with Gasteiger partial charge in [0.1, 0.15) is 0 Å². The van der Waals surface area contributed by atoms with Gasteiger partial charge in [-0.05, 0) is 59.3 Å². The quantitative estimate of drug-likeness (QED) is 0.753. The molecule has 0 saturated heterocycles. The van der Waals surface area contributed by atoms with E-state index in [0.717, 1.165) is 26.3 Å². The number of para-hydroxylation sites is 1. The highest BCUT2D eigenvalue weighted by Crippen LogP contribution is 2.32. The molecular formula is C17H17IN2O3. The van der Waals surface area contributed by atoms with Crippen LogP contribution in [0, 0.1) is 3.57 Å². The zero-order valence-electron chi connectivity index (χ0n) is 12.7. The molecule has 0 bridgehead atoms. The van der Waals surface area contributed by atoms with Crippen molar-refractivity contribution in [3.8, 4) is 11.5 Å². The van der Waals surface area contributed by atoms with E-state index < -0.39 is 0 Å². The average Bonchev–Trinajstić information content (AvgIpc) is 3.02. The van der Waals surface area contributed by atoms with E-state index in [9.17, 15) is 4.79 Å². The van der Waals surface area contributed by atoms with Crippen LogP contribution in [0.4, 0.5) is 10.5 Å². The highest BCUT2D eigenvalue weighted by molar-refractivity contribution is 14.1.